The second-order valence-electron chi connectivity index (χ2n) is 25.4. The number of para-hydroxylation sites is 3. The molecular formula is C73H67N3. The van der Waals surface area contributed by atoms with Crippen molar-refractivity contribution < 1.29 is 0 Å². The second-order valence-corrected chi connectivity index (χ2v) is 25.4. The predicted octanol–water partition coefficient (Wildman–Crippen LogP) is 19.6. The van der Waals surface area contributed by atoms with Gasteiger partial charge in [-0.1, -0.05) is 149 Å². The van der Waals surface area contributed by atoms with Gasteiger partial charge in [-0.2, -0.15) is 0 Å². The Morgan fingerprint density at radius 1 is 0.303 bits per heavy atom. The predicted molar refractivity (Wildman–Crippen MR) is 321 cm³/mol. The van der Waals surface area contributed by atoms with Gasteiger partial charge in [0.1, 0.15) is 0 Å². The molecular weight excluding hydrogens is 919 g/mol. The van der Waals surface area contributed by atoms with Crippen molar-refractivity contribution in [3.8, 4) is 33.4 Å². The van der Waals surface area contributed by atoms with Gasteiger partial charge in [-0.15, -0.1) is 0 Å². The lowest BCUT2D eigenvalue weighted by molar-refractivity contribution is 0.330. The molecule has 0 radical (unpaired) electrons. The van der Waals surface area contributed by atoms with E-state index >= 15 is 0 Å². The maximum absolute atomic E-state index is 2.70. The molecule has 3 nitrogen and oxygen atoms in total. The van der Waals surface area contributed by atoms with Crippen molar-refractivity contribution in [3.05, 3.63) is 205 Å². The van der Waals surface area contributed by atoms with E-state index in [-0.39, 0.29) is 32.9 Å². The van der Waals surface area contributed by atoms with Crippen LogP contribution < -0.4 is 14.7 Å². The van der Waals surface area contributed by atoms with Crippen molar-refractivity contribution in [1.82, 2.24) is 0 Å². The average Bonchev–Trinajstić information content (AvgIpc) is 4.33. The lowest BCUT2D eigenvalue weighted by atomic mass is 9.71. The van der Waals surface area contributed by atoms with Gasteiger partial charge in [0, 0.05) is 50.4 Å². The van der Waals surface area contributed by atoms with Crippen molar-refractivity contribution in [2.24, 2.45) is 0 Å². The summed E-state index contributed by atoms with van der Waals surface area (Å²) in [6.45, 7) is 15.3. The van der Waals surface area contributed by atoms with E-state index < -0.39 is 0 Å². The van der Waals surface area contributed by atoms with Gasteiger partial charge in [0.05, 0.1) is 16.6 Å². The topological polar surface area (TPSA) is 9.72 Å². The summed E-state index contributed by atoms with van der Waals surface area (Å²) in [7, 11) is 0. The van der Waals surface area contributed by atoms with Gasteiger partial charge >= 0.3 is 0 Å². The Hall–Kier alpha value is -7.36. The monoisotopic (exact) mass is 986 g/mol. The minimum absolute atomic E-state index is 0.00633. The molecule has 0 amide bonds. The largest absolute Gasteiger partial charge is 0.334 e. The standard InChI is InChI=1S/C73H67N3/c1-68-37-16-40-71(68,4)74(51-19-10-7-11-20-51)63-34-27-48(43-60(63)68)54-30-25-47-26-31-56-58(49-28-35-64-61(44-49)69(2)38-17-41-72(69,5)75(64)52-21-12-8-13-22-52)46-59(57-33-32-55(54)66(47)67(56)57)50-29-36-65-62(45-50)70(3)39-18-42-73(70,6)76(65)53-23-14-9-15-24-53/h7-15,19-36,43-46H,16-18,37-42H2,1-6H3. The fourth-order valence-electron chi connectivity index (χ4n) is 17.8. The van der Waals surface area contributed by atoms with Gasteiger partial charge in [-0.25, -0.2) is 0 Å². The van der Waals surface area contributed by atoms with Gasteiger partial charge in [0.25, 0.3) is 0 Å². The summed E-state index contributed by atoms with van der Waals surface area (Å²) in [6.07, 6.45) is 10.8. The zero-order chi connectivity index (χ0) is 51.1. The molecule has 374 valence electrons. The highest BCUT2D eigenvalue weighted by molar-refractivity contribution is 6.30. The highest BCUT2D eigenvalue weighted by Gasteiger charge is 2.62. The average molecular weight is 986 g/mol. The summed E-state index contributed by atoms with van der Waals surface area (Å²) in [5, 5.41) is 8.05. The molecule has 76 heavy (non-hydrogen) atoms. The summed E-state index contributed by atoms with van der Waals surface area (Å²) in [6, 6.07) is 73.3. The quantitative estimate of drug-likeness (QED) is 0.154. The highest BCUT2D eigenvalue weighted by atomic mass is 15.3. The van der Waals surface area contributed by atoms with Gasteiger partial charge in [-0.3, -0.25) is 0 Å². The minimum Gasteiger partial charge on any atom is -0.334 e. The van der Waals surface area contributed by atoms with Crippen molar-refractivity contribution in [3.63, 3.8) is 0 Å². The summed E-state index contributed by atoms with van der Waals surface area (Å²) in [5.41, 5.74) is 20.4. The van der Waals surface area contributed by atoms with Crippen LogP contribution in [0.4, 0.5) is 34.1 Å². The number of anilines is 6. The van der Waals surface area contributed by atoms with Gasteiger partial charge in [-0.05, 0) is 221 Å². The van der Waals surface area contributed by atoms with E-state index in [9.17, 15) is 0 Å². The second kappa shape index (κ2) is 15.2. The van der Waals surface area contributed by atoms with Crippen LogP contribution in [-0.4, -0.2) is 16.6 Å². The van der Waals surface area contributed by atoms with Crippen LogP contribution in [0.15, 0.2) is 188 Å². The molecule has 3 heterocycles. The van der Waals surface area contributed by atoms with Crippen LogP contribution in [0.1, 0.15) is 116 Å². The molecule has 16 rings (SSSR count). The van der Waals surface area contributed by atoms with Gasteiger partial charge < -0.3 is 14.7 Å². The van der Waals surface area contributed by atoms with Crippen molar-refractivity contribution >= 4 is 66.4 Å². The van der Waals surface area contributed by atoms with E-state index in [1.54, 1.807) is 0 Å². The Bertz CT molecular complexity index is 3910. The molecule has 0 N–H and O–H groups in total. The molecule has 10 aromatic rings. The highest BCUT2D eigenvalue weighted by Crippen LogP contribution is 2.66. The van der Waals surface area contributed by atoms with E-state index in [0.717, 1.165) is 0 Å². The first-order chi connectivity index (χ1) is 36.9. The lowest BCUT2D eigenvalue weighted by Gasteiger charge is -2.42. The summed E-state index contributed by atoms with van der Waals surface area (Å²) in [4.78, 5) is 8.08. The zero-order valence-corrected chi connectivity index (χ0v) is 45.1. The fourth-order valence-corrected chi connectivity index (χ4v) is 17.8. The Morgan fingerprint density at radius 2 is 0.645 bits per heavy atom. The van der Waals surface area contributed by atoms with Crippen LogP contribution in [0.3, 0.4) is 0 Å². The molecule has 3 aliphatic carbocycles. The van der Waals surface area contributed by atoms with Crippen molar-refractivity contribution in [2.45, 2.75) is 132 Å². The van der Waals surface area contributed by atoms with Crippen LogP contribution in [0.25, 0.3) is 65.7 Å². The molecule has 0 bridgehead atoms. The number of rotatable bonds is 6. The number of hydrogen-bond acceptors (Lipinski definition) is 3. The molecule has 10 aromatic carbocycles. The van der Waals surface area contributed by atoms with Gasteiger partial charge in [0.2, 0.25) is 0 Å². The lowest BCUT2D eigenvalue weighted by Crippen LogP contribution is -2.48. The van der Waals surface area contributed by atoms with Crippen LogP contribution in [-0.2, 0) is 16.2 Å². The third kappa shape index (κ3) is 5.44. The molecule has 0 saturated heterocycles. The number of benzene rings is 10. The Kier molecular flexibility index (Phi) is 8.97. The molecule has 0 spiro atoms. The normalized spacial score (nSPS) is 27.9. The van der Waals surface area contributed by atoms with Gasteiger partial charge in [0.15, 0.2) is 0 Å². The maximum Gasteiger partial charge on any atom is 0.0517 e. The van der Waals surface area contributed by atoms with Crippen LogP contribution >= 0.6 is 0 Å². The first-order valence-electron chi connectivity index (χ1n) is 28.6. The van der Waals surface area contributed by atoms with Crippen molar-refractivity contribution in [2.75, 3.05) is 14.7 Å². The Balaban J connectivity index is 0.931. The van der Waals surface area contributed by atoms with Crippen molar-refractivity contribution in [1.29, 1.82) is 0 Å². The summed E-state index contributed by atoms with van der Waals surface area (Å²) >= 11 is 0. The van der Waals surface area contributed by atoms with E-state index in [1.165, 1.54) is 174 Å². The molecule has 0 aromatic heterocycles. The van der Waals surface area contributed by atoms with E-state index in [4.69, 9.17) is 0 Å². The molecule has 3 fully saturated rings. The summed E-state index contributed by atoms with van der Waals surface area (Å²) in [5.74, 6) is 0. The maximum atomic E-state index is 2.70. The smallest absolute Gasteiger partial charge is 0.0517 e. The molecule has 6 atom stereocenters. The first-order valence-corrected chi connectivity index (χ1v) is 28.6. The molecule has 6 unspecified atom stereocenters. The molecule has 3 aliphatic heterocycles. The number of nitrogens with zero attached hydrogens (tertiary/aromatic N) is 3. The third-order valence-corrected chi connectivity index (χ3v) is 22.3. The van der Waals surface area contributed by atoms with Crippen LogP contribution in [0.5, 0.6) is 0 Å². The first kappa shape index (κ1) is 44.9. The van der Waals surface area contributed by atoms with E-state index in [0.29, 0.717) is 0 Å². The Morgan fingerprint density at radius 3 is 1.04 bits per heavy atom. The summed E-state index contributed by atoms with van der Waals surface area (Å²) < 4.78 is 0. The number of hydrogen-bond donors (Lipinski definition) is 0. The minimum atomic E-state index is -0.00633. The molecule has 6 aliphatic rings. The van der Waals surface area contributed by atoms with E-state index in [2.05, 4.69) is 244 Å². The zero-order valence-electron chi connectivity index (χ0n) is 45.1. The van der Waals surface area contributed by atoms with Crippen LogP contribution in [0.2, 0.25) is 0 Å². The van der Waals surface area contributed by atoms with Crippen LogP contribution in [0, 0.1) is 0 Å². The number of fused-ring (bicyclic) bond motifs is 9. The SMILES string of the molecule is CC12CCCC1(C)N(c1ccccc1)c1ccc(-c3ccc4ccc5c(-c6ccc7c(c6)C6(C)CCCC6(C)N7c6ccccc6)cc(-c6ccc7c(c6)C6(C)CCCC6(C)N7c6ccccc6)c6ccc3c4c56)cc12. The van der Waals surface area contributed by atoms with E-state index in [1.807, 2.05) is 0 Å². The molecule has 3 saturated carbocycles. The Labute approximate surface area is 449 Å². The fraction of sp³-hybridized carbons (Fsp3) is 0.288. The molecule has 3 heteroatoms. The third-order valence-electron chi connectivity index (χ3n) is 22.3.